The van der Waals surface area contributed by atoms with Crippen LogP contribution in [0.3, 0.4) is 0 Å². The van der Waals surface area contributed by atoms with Gasteiger partial charge in [0.25, 0.3) is 0 Å². The van der Waals surface area contributed by atoms with Gasteiger partial charge in [0, 0.05) is 10.4 Å². The molecule has 0 amide bonds. The Morgan fingerprint density at radius 3 is 3.10 bits per heavy atom. The summed E-state index contributed by atoms with van der Waals surface area (Å²) in [6, 6.07) is 6.31. The molecule has 0 fully saturated rings. The summed E-state index contributed by atoms with van der Waals surface area (Å²) < 4.78 is 5.82. The summed E-state index contributed by atoms with van der Waals surface area (Å²) in [6.07, 6.45) is 2.43. The van der Waals surface area contributed by atoms with Gasteiger partial charge < -0.3 is 10.1 Å². The first-order valence-electron chi connectivity index (χ1n) is 7.18. The third kappa shape index (κ3) is 2.52. The van der Waals surface area contributed by atoms with Gasteiger partial charge >= 0.3 is 0 Å². The minimum absolute atomic E-state index is 0.227. The van der Waals surface area contributed by atoms with Gasteiger partial charge in [-0.25, -0.2) is 4.98 Å². The number of ether oxygens (including phenoxy) is 1. The molecule has 3 rings (SSSR count). The van der Waals surface area contributed by atoms with Crippen molar-refractivity contribution in [1.29, 1.82) is 0 Å². The van der Waals surface area contributed by atoms with Crippen LogP contribution in [-0.2, 0) is 6.42 Å². The first kappa shape index (κ1) is 13.4. The van der Waals surface area contributed by atoms with Gasteiger partial charge in [0.2, 0.25) is 0 Å². The van der Waals surface area contributed by atoms with Crippen LogP contribution in [0.5, 0.6) is 5.75 Å². The maximum atomic E-state index is 5.82. The molecule has 1 aromatic carbocycles. The van der Waals surface area contributed by atoms with Gasteiger partial charge in [-0.05, 0) is 44.9 Å². The predicted octanol–water partition coefficient (Wildman–Crippen LogP) is 4.26. The molecule has 0 spiro atoms. The Balaban J connectivity index is 1.95. The molecule has 1 atom stereocenters. The monoisotopic (exact) mass is 288 g/mol. The molecule has 3 nitrogen and oxygen atoms in total. The highest BCUT2D eigenvalue weighted by Crippen LogP contribution is 2.35. The minimum Gasteiger partial charge on any atom is -0.487 e. The summed E-state index contributed by atoms with van der Waals surface area (Å²) in [6.45, 7) is 7.27. The molecular formula is C16H20N2OS. The smallest absolute Gasteiger partial charge is 0.142 e. The Morgan fingerprint density at radius 2 is 2.30 bits per heavy atom. The number of hydrogen-bond donors (Lipinski definition) is 1. The second-order valence-corrected chi connectivity index (χ2v) is 6.57. The second-order valence-electron chi connectivity index (χ2n) is 5.28. The predicted molar refractivity (Wildman–Crippen MR) is 84.9 cm³/mol. The van der Waals surface area contributed by atoms with Gasteiger partial charge in [0.1, 0.15) is 11.9 Å². The molecule has 0 aliphatic carbocycles. The van der Waals surface area contributed by atoms with Crippen LogP contribution in [0.4, 0.5) is 5.69 Å². The molecule has 2 aromatic rings. The fraction of sp³-hybridized carbons (Fsp3) is 0.438. The van der Waals surface area contributed by atoms with E-state index < -0.39 is 0 Å². The molecule has 1 N–H and O–H groups in total. The topological polar surface area (TPSA) is 34.2 Å². The summed E-state index contributed by atoms with van der Waals surface area (Å²) in [7, 11) is 0. The number of aromatic nitrogens is 1. The molecule has 106 valence electrons. The number of aryl methyl sites for hydroxylation is 2. The van der Waals surface area contributed by atoms with Crippen LogP contribution < -0.4 is 10.1 Å². The number of nitrogens with zero attached hydrogens (tertiary/aromatic N) is 1. The summed E-state index contributed by atoms with van der Waals surface area (Å²) in [4.78, 5) is 6.07. The first-order chi connectivity index (χ1) is 9.67. The lowest BCUT2D eigenvalue weighted by atomic mass is 10.1. The SMILES string of the molecule is CCCc1nc(-c2ccc3c(c2)NCC(C)O3)c(C)s1. The average Bonchev–Trinajstić information content (AvgIpc) is 2.79. The molecule has 4 heteroatoms. The molecule has 2 heterocycles. The summed E-state index contributed by atoms with van der Waals surface area (Å²) >= 11 is 1.81. The van der Waals surface area contributed by atoms with E-state index in [0.717, 1.165) is 36.5 Å². The fourth-order valence-corrected chi connectivity index (χ4v) is 3.53. The normalized spacial score (nSPS) is 17.2. The molecule has 1 aliphatic rings. The number of anilines is 1. The Labute approximate surface area is 124 Å². The van der Waals surface area contributed by atoms with Crippen molar-refractivity contribution in [1.82, 2.24) is 4.98 Å². The van der Waals surface area contributed by atoms with Crippen molar-refractivity contribution in [2.45, 2.75) is 39.7 Å². The summed E-state index contributed by atoms with van der Waals surface area (Å²) in [5.74, 6) is 0.939. The highest BCUT2D eigenvalue weighted by atomic mass is 32.1. The lowest BCUT2D eigenvalue weighted by Crippen LogP contribution is -2.27. The van der Waals surface area contributed by atoms with Crippen molar-refractivity contribution >= 4 is 17.0 Å². The van der Waals surface area contributed by atoms with E-state index in [1.54, 1.807) is 0 Å². The zero-order valence-corrected chi connectivity index (χ0v) is 13.0. The van der Waals surface area contributed by atoms with E-state index in [1.807, 2.05) is 17.4 Å². The summed E-state index contributed by atoms with van der Waals surface area (Å²) in [5.41, 5.74) is 3.36. The molecule has 1 aromatic heterocycles. The van der Waals surface area contributed by atoms with E-state index >= 15 is 0 Å². The van der Waals surface area contributed by atoms with E-state index in [1.165, 1.54) is 15.4 Å². The number of rotatable bonds is 3. The second kappa shape index (κ2) is 5.44. The molecule has 0 bridgehead atoms. The lowest BCUT2D eigenvalue weighted by molar-refractivity contribution is 0.226. The maximum absolute atomic E-state index is 5.82. The number of nitrogens with one attached hydrogen (secondary N) is 1. The van der Waals surface area contributed by atoms with Crippen LogP contribution >= 0.6 is 11.3 Å². The summed E-state index contributed by atoms with van der Waals surface area (Å²) in [5, 5.41) is 4.66. The van der Waals surface area contributed by atoms with Crippen molar-refractivity contribution in [3.05, 3.63) is 28.1 Å². The Hall–Kier alpha value is -1.55. The van der Waals surface area contributed by atoms with E-state index in [-0.39, 0.29) is 6.10 Å². The van der Waals surface area contributed by atoms with Gasteiger partial charge in [-0.1, -0.05) is 6.92 Å². The molecule has 20 heavy (non-hydrogen) atoms. The first-order valence-corrected chi connectivity index (χ1v) is 8.00. The Bertz CT molecular complexity index is 621. The minimum atomic E-state index is 0.227. The van der Waals surface area contributed by atoms with Crippen LogP contribution in [-0.4, -0.2) is 17.6 Å². The van der Waals surface area contributed by atoms with Crippen molar-refractivity contribution < 1.29 is 4.74 Å². The molecule has 0 saturated carbocycles. The van der Waals surface area contributed by atoms with Gasteiger partial charge in [0.05, 0.1) is 22.9 Å². The van der Waals surface area contributed by atoms with Crippen molar-refractivity contribution in [2.24, 2.45) is 0 Å². The van der Waals surface area contributed by atoms with Crippen LogP contribution in [0.2, 0.25) is 0 Å². The maximum Gasteiger partial charge on any atom is 0.142 e. The third-order valence-corrected chi connectivity index (χ3v) is 4.50. The number of fused-ring (bicyclic) bond motifs is 1. The number of thiazole rings is 1. The Kier molecular flexibility index (Phi) is 3.66. The fourth-order valence-electron chi connectivity index (χ4n) is 2.47. The standard InChI is InChI=1S/C16H20N2OS/c1-4-5-15-18-16(11(3)20-15)12-6-7-14-13(8-12)17-9-10(2)19-14/h6-8,10,17H,4-5,9H2,1-3H3. The van der Waals surface area contributed by atoms with Crippen LogP contribution in [0.15, 0.2) is 18.2 Å². The third-order valence-electron chi connectivity index (χ3n) is 3.47. The molecule has 1 unspecified atom stereocenters. The van der Waals surface area contributed by atoms with Crippen LogP contribution in [0.25, 0.3) is 11.3 Å². The van der Waals surface area contributed by atoms with E-state index in [2.05, 4.69) is 38.2 Å². The van der Waals surface area contributed by atoms with Gasteiger partial charge in [-0.3, -0.25) is 0 Å². The number of benzene rings is 1. The average molecular weight is 288 g/mol. The zero-order chi connectivity index (χ0) is 14.1. The van der Waals surface area contributed by atoms with Gasteiger partial charge in [-0.15, -0.1) is 11.3 Å². The quantitative estimate of drug-likeness (QED) is 0.916. The largest absolute Gasteiger partial charge is 0.487 e. The number of hydrogen-bond acceptors (Lipinski definition) is 4. The molecular weight excluding hydrogens is 268 g/mol. The van der Waals surface area contributed by atoms with Gasteiger partial charge in [0.15, 0.2) is 0 Å². The highest BCUT2D eigenvalue weighted by Gasteiger charge is 2.17. The van der Waals surface area contributed by atoms with Crippen LogP contribution in [0, 0.1) is 6.92 Å². The molecule has 0 saturated heterocycles. The molecule has 0 radical (unpaired) electrons. The molecule has 1 aliphatic heterocycles. The van der Waals surface area contributed by atoms with Crippen molar-refractivity contribution in [2.75, 3.05) is 11.9 Å². The van der Waals surface area contributed by atoms with Crippen LogP contribution in [0.1, 0.15) is 30.2 Å². The Morgan fingerprint density at radius 1 is 1.45 bits per heavy atom. The highest BCUT2D eigenvalue weighted by molar-refractivity contribution is 7.12. The van der Waals surface area contributed by atoms with Crippen molar-refractivity contribution in [3.63, 3.8) is 0 Å². The zero-order valence-electron chi connectivity index (χ0n) is 12.2. The van der Waals surface area contributed by atoms with E-state index in [4.69, 9.17) is 9.72 Å². The van der Waals surface area contributed by atoms with Gasteiger partial charge in [-0.2, -0.15) is 0 Å². The lowest BCUT2D eigenvalue weighted by Gasteiger charge is -2.25. The van der Waals surface area contributed by atoms with E-state index in [0.29, 0.717) is 0 Å². The van der Waals surface area contributed by atoms with Crippen molar-refractivity contribution in [3.8, 4) is 17.0 Å². The van der Waals surface area contributed by atoms with E-state index in [9.17, 15) is 0 Å².